The van der Waals surface area contributed by atoms with Gasteiger partial charge >= 0.3 is 0 Å². The molecule has 0 saturated heterocycles. The van der Waals surface area contributed by atoms with E-state index in [2.05, 4.69) is 4.72 Å². The highest BCUT2D eigenvalue weighted by Gasteiger charge is 2.18. The summed E-state index contributed by atoms with van der Waals surface area (Å²) in [6, 6.07) is 12.8. The van der Waals surface area contributed by atoms with Crippen molar-refractivity contribution in [1.82, 2.24) is 4.72 Å². The fraction of sp³-hybridized carbons (Fsp3) is 0.200. The Morgan fingerprint density at radius 1 is 1.10 bits per heavy atom. The predicted octanol–water partition coefficient (Wildman–Crippen LogP) is 2.87. The lowest BCUT2D eigenvalue weighted by molar-refractivity contribution is 0.282. The van der Waals surface area contributed by atoms with Gasteiger partial charge in [-0.25, -0.2) is 13.1 Å². The zero-order valence-electron chi connectivity index (χ0n) is 11.5. The molecule has 6 heteroatoms. The summed E-state index contributed by atoms with van der Waals surface area (Å²) in [7, 11) is -3.61. The topological polar surface area (TPSA) is 66.4 Å². The fourth-order valence-corrected chi connectivity index (χ4v) is 3.25. The zero-order valence-corrected chi connectivity index (χ0v) is 13.0. The molecule has 2 N–H and O–H groups in total. The van der Waals surface area contributed by atoms with Crippen LogP contribution in [0.25, 0.3) is 0 Å². The van der Waals surface area contributed by atoms with Crippen molar-refractivity contribution in [3.05, 3.63) is 64.7 Å². The van der Waals surface area contributed by atoms with Gasteiger partial charge in [0.2, 0.25) is 10.0 Å². The van der Waals surface area contributed by atoms with E-state index in [1.165, 1.54) is 12.1 Å². The van der Waals surface area contributed by atoms with Crippen LogP contribution in [0.4, 0.5) is 0 Å². The highest BCUT2D eigenvalue weighted by molar-refractivity contribution is 7.89. The van der Waals surface area contributed by atoms with E-state index in [0.29, 0.717) is 10.6 Å². The largest absolute Gasteiger partial charge is 0.392 e. The van der Waals surface area contributed by atoms with Crippen LogP contribution in [0.3, 0.4) is 0 Å². The third-order valence-electron chi connectivity index (χ3n) is 3.12. The number of rotatable bonds is 5. The molecule has 112 valence electrons. The Bertz CT molecular complexity index is 697. The quantitative estimate of drug-likeness (QED) is 0.888. The molecule has 0 bridgehead atoms. The number of aliphatic hydroxyl groups excluding tert-OH is 1. The summed E-state index contributed by atoms with van der Waals surface area (Å²) in [6.07, 6.45) is 0. The van der Waals surface area contributed by atoms with E-state index in [9.17, 15) is 8.42 Å². The molecule has 0 spiro atoms. The molecule has 0 aliphatic carbocycles. The first-order valence-electron chi connectivity index (χ1n) is 6.40. The summed E-state index contributed by atoms with van der Waals surface area (Å²) in [5, 5.41) is 9.58. The van der Waals surface area contributed by atoms with E-state index >= 15 is 0 Å². The van der Waals surface area contributed by atoms with E-state index in [-0.39, 0.29) is 17.5 Å². The van der Waals surface area contributed by atoms with Gasteiger partial charge in [0.05, 0.1) is 11.5 Å². The molecule has 0 aliphatic heterocycles. The lowest BCUT2D eigenvalue weighted by atomic mass is 10.1. The molecule has 2 rings (SSSR count). The molecule has 2 aromatic carbocycles. The van der Waals surface area contributed by atoms with Crippen molar-refractivity contribution in [2.75, 3.05) is 0 Å². The molecular weight excluding hydrogens is 310 g/mol. The van der Waals surface area contributed by atoms with Gasteiger partial charge in [0.1, 0.15) is 0 Å². The molecule has 0 heterocycles. The summed E-state index contributed by atoms with van der Waals surface area (Å²) < 4.78 is 27.2. The first-order chi connectivity index (χ1) is 9.92. The van der Waals surface area contributed by atoms with Crippen molar-refractivity contribution >= 4 is 21.6 Å². The number of aliphatic hydroxyl groups is 1. The summed E-state index contributed by atoms with van der Waals surface area (Å²) in [6.45, 7) is 1.65. The minimum absolute atomic E-state index is 0.116. The van der Waals surface area contributed by atoms with Crippen LogP contribution in [0.1, 0.15) is 24.1 Å². The van der Waals surface area contributed by atoms with E-state index in [1.54, 1.807) is 43.3 Å². The second kappa shape index (κ2) is 6.58. The van der Waals surface area contributed by atoms with Crippen molar-refractivity contribution in [2.45, 2.75) is 24.5 Å². The van der Waals surface area contributed by atoms with Gasteiger partial charge < -0.3 is 5.11 Å². The van der Waals surface area contributed by atoms with Crippen LogP contribution in [-0.2, 0) is 16.6 Å². The maximum absolute atomic E-state index is 12.3. The SMILES string of the molecule is CC(NS(=O)(=O)c1ccc(CO)cc1)c1ccc(Cl)cc1. The van der Waals surface area contributed by atoms with Crippen LogP contribution in [0.5, 0.6) is 0 Å². The van der Waals surface area contributed by atoms with Crippen molar-refractivity contribution in [2.24, 2.45) is 0 Å². The van der Waals surface area contributed by atoms with Crippen molar-refractivity contribution < 1.29 is 13.5 Å². The van der Waals surface area contributed by atoms with Gasteiger partial charge in [0, 0.05) is 11.1 Å². The first-order valence-corrected chi connectivity index (χ1v) is 8.26. The first kappa shape index (κ1) is 16.0. The Morgan fingerprint density at radius 3 is 2.19 bits per heavy atom. The lowest BCUT2D eigenvalue weighted by Gasteiger charge is -2.15. The number of benzene rings is 2. The standard InChI is InChI=1S/C15H16ClNO3S/c1-11(13-4-6-14(16)7-5-13)17-21(19,20)15-8-2-12(10-18)3-9-15/h2-9,11,17-18H,10H2,1H3. The number of nitrogens with one attached hydrogen (secondary N) is 1. The van der Waals surface area contributed by atoms with Crippen LogP contribution in [-0.4, -0.2) is 13.5 Å². The summed E-state index contributed by atoms with van der Waals surface area (Å²) in [5.41, 5.74) is 1.50. The maximum atomic E-state index is 12.3. The molecular formula is C15H16ClNO3S. The van der Waals surface area contributed by atoms with Crippen LogP contribution < -0.4 is 4.72 Å². The molecule has 21 heavy (non-hydrogen) atoms. The maximum Gasteiger partial charge on any atom is 0.241 e. The zero-order chi connectivity index (χ0) is 15.5. The Labute approximate surface area is 129 Å². The van der Waals surface area contributed by atoms with Gasteiger partial charge in [-0.15, -0.1) is 0 Å². The van der Waals surface area contributed by atoms with Crippen molar-refractivity contribution in [3.63, 3.8) is 0 Å². The molecule has 0 radical (unpaired) electrons. The summed E-state index contributed by atoms with van der Waals surface area (Å²) in [4.78, 5) is 0.167. The monoisotopic (exact) mass is 325 g/mol. The minimum atomic E-state index is -3.61. The van der Waals surface area contributed by atoms with Crippen molar-refractivity contribution in [3.8, 4) is 0 Å². The lowest BCUT2D eigenvalue weighted by Crippen LogP contribution is -2.26. The third-order valence-corrected chi connectivity index (χ3v) is 4.93. The van der Waals surface area contributed by atoms with E-state index in [0.717, 1.165) is 5.56 Å². The second-order valence-corrected chi connectivity index (χ2v) is 6.85. The molecule has 0 aromatic heterocycles. The molecule has 2 aromatic rings. The minimum Gasteiger partial charge on any atom is -0.392 e. The number of halogens is 1. The second-order valence-electron chi connectivity index (χ2n) is 4.70. The molecule has 1 unspecified atom stereocenters. The average molecular weight is 326 g/mol. The number of hydrogen-bond acceptors (Lipinski definition) is 3. The Morgan fingerprint density at radius 2 is 1.67 bits per heavy atom. The van der Waals surface area contributed by atoms with E-state index < -0.39 is 10.0 Å². The van der Waals surface area contributed by atoms with Gasteiger partial charge in [0.25, 0.3) is 0 Å². The molecule has 1 atom stereocenters. The van der Waals surface area contributed by atoms with Gasteiger partial charge in [-0.1, -0.05) is 35.9 Å². The van der Waals surface area contributed by atoms with Crippen molar-refractivity contribution in [1.29, 1.82) is 0 Å². The average Bonchev–Trinajstić information content (AvgIpc) is 2.47. The number of hydrogen-bond donors (Lipinski definition) is 2. The van der Waals surface area contributed by atoms with Crippen LogP contribution in [0, 0.1) is 0 Å². The van der Waals surface area contributed by atoms with E-state index in [4.69, 9.17) is 16.7 Å². The Balaban J connectivity index is 2.17. The van der Waals surface area contributed by atoms with Gasteiger partial charge in [0.15, 0.2) is 0 Å². The molecule has 0 fully saturated rings. The van der Waals surface area contributed by atoms with Gasteiger partial charge in [-0.2, -0.15) is 0 Å². The normalized spacial score (nSPS) is 13.1. The highest BCUT2D eigenvalue weighted by atomic mass is 35.5. The number of sulfonamides is 1. The Kier molecular flexibility index (Phi) is 5.00. The van der Waals surface area contributed by atoms with Gasteiger partial charge in [-0.05, 0) is 42.3 Å². The van der Waals surface area contributed by atoms with E-state index in [1.807, 2.05) is 0 Å². The van der Waals surface area contributed by atoms with Crippen LogP contribution in [0.2, 0.25) is 5.02 Å². The third kappa shape index (κ3) is 4.04. The van der Waals surface area contributed by atoms with Gasteiger partial charge in [-0.3, -0.25) is 0 Å². The molecule has 0 amide bonds. The summed E-state index contributed by atoms with van der Waals surface area (Å²) >= 11 is 5.81. The molecule has 4 nitrogen and oxygen atoms in total. The molecule has 0 aliphatic rings. The molecule has 0 saturated carbocycles. The predicted molar refractivity (Wildman–Crippen MR) is 82.6 cm³/mol. The highest BCUT2D eigenvalue weighted by Crippen LogP contribution is 2.19. The fourth-order valence-electron chi connectivity index (χ4n) is 1.89. The van der Waals surface area contributed by atoms with Crippen LogP contribution in [0.15, 0.2) is 53.4 Å². The smallest absolute Gasteiger partial charge is 0.241 e. The Hall–Kier alpha value is -1.40. The summed E-state index contributed by atoms with van der Waals surface area (Å²) in [5.74, 6) is 0. The van der Waals surface area contributed by atoms with Crippen LogP contribution >= 0.6 is 11.6 Å².